The fourth-order valence-corrected chi connectivity index (χ4v) is 1.93. The molecule has 5 heteroatoms. The van der Waals surface area contributed by atoms with Gasteiger partial charge in [0.15, 0.2) is 5.58 Å². The molecule has 4 nitrogen and oxygen atoms in total. The predicted molar refractivity (Wildman–Crippen MR) is 68.5 cm³/mol. The Kier molecular flexibility index (Phi) is 3.86. The molecule has 1 heterocycles. The topological polar surface area (TPSA) is 49.2 Å². The van der Waals surface area contributed by atoms with Gasteiger partial charge in [0.25, 0.3) is 0 Å². The van der Waals surface area contributed by atoms with Crippen LogP contribution in [0, 0.1) is 0 Å². The van der Waals surface area contributed by atoms with Crippen molar-refractivity contribution in [2.24, 2.45) is 0 Å². The maximum atomic E-state index is 11.0. The standard InChI is InChI=1S/C12H15ClN2O2/c1-15(6-2-5-13)8-9-3-4-10-11(7-9)17-12(16)14-10/h3-4,7H,2,5-6,8H2,1H3,(H,14,16). The predicted octanol–water partition coefficient (Wildman–Crippen LogP) is 2.18. The summed E-state index contributed by atoms with van der Waals surface area (Å²) >= 11 is 5.65. The van der Waals surface area contributed by atoms with Crippen LogP contribution in [0.1, 0.15) is 12.0 Å². The van der Waals surface area contributed by atoms with Gasteiger partial charge in [-0.3, -0.25) is 4.98 Å². The summed E-state index contributed by atoms with van der Waals surface area (Å²) in [6, 6.07) is 5.75. The Labute approximate surface area is 104 Å². The average Bonchev–Trinajstić information content (AvgIpc) is 2.65. The van der Waals surface area contributed by atoms with Crippen LogP contribution < -0.4 is 5.76 Å². The van der Waals surface area contributed by atoms with Crippen LogP contribution in [0.25, 0.3) is 11.1 Å². The van der Waals surface area contributed by atoms with Crippen molar-refractivity contribution in [3.05, 3.63) is 34.3 Å². The smallest absolute Gasteiger partial charge is 0.408 e. The van der Waals surface area contributed by atoms with Crippen LogP contribution in [-0.2, 0) is 6.54 Å². The maximum absolute atomic E-state index is 11.0. The van der Waals surface area contributed by atoms with Gasteiger partial charge in [0.05, 0.1) is 5.52 Å². The lowest BCUT2D eigenvalue weighted by Gasteiger charge is -2.15. The number of nitrogens with one attached hydrogen (secondary N) is 1. The van der Waals surface area contributed by atoms with Crippen molar-refractivity contribution in [2.45, 2.75) is 13.0 Å². The van der Waals surface area contributed by atoms with E-state index >= 15 is 0 Å². The number of rotatable bonds is 5. The second kappa shape index (κ2) is 5.38. The number of benzene rings is 1. The zero-order valence-corrected chi connectivity index (χ0v) is 10.5. The Morgan fingerprint density at radius 3 is 3.06 bits per heavy atom. The number of nitrogens with zero attached hydrogens (tertiary/aromatic N) is 1. The molecule has 1 N–H and O–H groups in total. The molecule has 0 aliphatic heterocycles. The van der Waals surface area contributed by atoms with Gasteiger partial charge in [-0.25, -0.2) is 4.79 Å². The van der Waals surface area contributed by atoms with E-state index in [2.05, 4.69) is 9.88 Å². The van der Waals surface area contributed by atoms with E-state index in [1.54, 1.807) is 0 Å². The number of H-pyrrole nitrogens is 1. The summed E-state index contributed by atoms with van der Waals surface area (Å²) in [5, 5.41) is 0. The zero-order valence-electron chi connectivity index (χ0n) is 9.70. The minimum Gasteiger partial charge on any atom is -0.408 e. The summed E-state index contributed by atoms with van der Waals surface area (Å²) < 4.78 is 5.02. The molecule has 17 heavy (non-hydrogen) atoms. The van der Waals surface area contributed by atoms with Crippen molar-refractivity contribution in [2.75, 3.05) is 19.5 Å². The van der Waals surface area contributed by atoms with Gasteiger partial charge in [0.2, 0.25) is 0 Å². The number of aromatic nitrogens is 1. The van der Waals surface area contributed by atoms with Crippen LogP contribution in [0.15, 0.2) is 27.4 Å². The van der Waals surface area contributed by atoms with Gasteiger partial charge >= 0.3 is 5.76 Å². The van der Waals surface area contributed by atoms with Crippen LogP contribution in [0.4, 0.5) is 0 Å². The molecule has 2 rings (SSSR count). The number of fused-ring (bicyclic) bond motifs is 1. The van der Waals surface area contributed by atoms with E-state index in [1.165, 1.54) is 0 Å². The van der Waals surface area contributed by atoms with Gasteiger partial charge < -0.3 is 9.32 Å². The van der Waals surface area contributed by atoms with Crippen molar-refractivity contribution in [1.29, 1.82) is 0 Å². The van der Waals surface area contributed by atoms with Crippen molar-refractivity contribution in [1.82, 2.24) is 9.88 Å². The van der Waals surface area contributed by atoms with Crippen LogP contribution in [-0.4, -0.2) is 29.4 Å². The van der Waals surface area contributed by atoms with E-state index in [0.29, 0.717) is 11.5 Å². The van der Waals surface area contributed by atoms with E-state index in [0.717, 1.165) is 30.6 Å². The Bertz CT molecular complexity index is 547. The highest BCUT2D eigenvalue weighted by molar-refractivity contribution is 6.17. The summed E-state index contributed by atoms with van der Waals surface area (Å²) in [5.74, 6) is 0.267. The van der Waals surface area contributed by atoms with Gasteiger partial charge in [0, 0.05) is 12.4 Å². The van der Waals surface area contributed by atoms with Crippen molar-refractivity contribution < 1.29 is 4.42 Å². The Hall–Kier alpha value is -1.26. The Morgan fingerprint density at radius 2 is 2.29 bits per heavy atom. The van der Waals surface area contributed by atoms with Gasteiger partial charge in [-0.05, 0) is 37.7 Å². The highest BCUT2D eigenvalue weighted by atomic mass is 35.5. The minimum absolute atomic E-state index is 0.410. The second-order valence-electron chi connectivity index (χ2n) is 4.13. The first kappa shape index (κ1) is 12.2. The summed E-state index contributed by atoms with van der Waals surface area (Å²) in [6.45, 7) is 1.78. The molecule has 0 saturated heterocycles. The first-order valence-corrected chi connectivity index (χ1v) is 6.09. The molecule has 0 saturated carbocycles. The number of oxazole rings is 1. The summed E-state index contributed by atoms with van der Waals surface area (Å²) in [5.41, 5.74) is 2.47. The molecule has 0 unspecified atom stereocenters. The van der Waals surface area contributed by atoms with E-state index < -0.39 is 5.76 Å². The number of hydrogen-bond donors (Lipinski definition) is 1. The quantitative estimate of drug-likeness (QED) is 0.832. The highest BCUT2D eigenvalue weighted by Gasteiger charge is 2.04. The zero-order chi connectivity index (χ0) is 12.3. The number of hydrogen-bond acceptors (Lipinski definition) is 3. The number of aromatic amines is 1. The summed E-state index contributed by atoms with van der Waals surface area (Å²) in [7, 11) is 2.05. The highest BCUT2D eigenvalue weighted by Crippen LogP contribution is 2.13. The molecule has 0 bridgehead atoms. The van der Waals surface area contributed by atoms with Gasteiger partial charge in [-0.1, -0.05) is 6.07 Å². The maximum Gasteiger partial charge on any atom is 0.417 e. The van der Waals surface area contributed by atoms with E-state index in [1.807, 2.05) is 25.2 Å². The van der Waals surface area contributed by atoms with E-state index in [4.69, 9.17) is 16.0 Å². The third-order valence-electron chi connectivity index (χ3n) is 2.61. The lowest BCUT2D eigenvalue weighted by atomic mass is 10.2. The molecule has 1 aromatic carbocycles. The second-order valence-corrected chi connectivity index (χ2v) is 4.50. The molecule has 92 valence electrons. The Morgan fingerprint density at radius 1 is 1.47 bits per heavy atom. The van der Waals surface area contributed by atoms with Gasteiger partial charge in [-0.2, -0.15) is 0 Å². The average molecular weight is 255 g/mol. The molecule has 0 aliphatic rings. The largest absolute Gasteiger partial charge is 0.417 e. The molecule has 0 fully saturated rings. The molecule has 0 spiro atoms. The van der Waals surface area contributed by atoms with E-state index in [9.17, 15) is 4.79 Å². The number of halogens is 1. The first-order valence-electron chi connectivity index (χ1n) is 5.55. The third-order valence-corrected chi connectivity index (χ3v) is 2.88. The van der Waals surface area contributed by atoms with Crippen LogP contribution in [0.5, 0.6) is 0 Å². The third kappa shape index (κ3) is 3.11. The lowest BCUT2D eigenvalue weighted by molar-refractivity contribution is 0.328. The van der Waals surface area contributed by atoms with E-state index in [-0.39, 0.29) is 0 Å². The molecule has 0 radical (unpaired) electrons. The van der Waals surface area contributed by atoms with Crippen LogP contribution in [0.3, 0.4) is 0 Å². The van der Waals surface area contributed by atoms with Crippen molar-refractivity contribution in [3.63, 3.8) is 0 Å². The Balaban J connectivity index is 2.10. The minimum atomic E-state index is -0.410. The fraction of sp³-hybridized carbons (Fsp3) is 0.417. The lowest BCUT2D eigenvalue weighted by Crippen LogP contribution is -2.19. The van der Waals surface area contributed by atoms with Crippen LogP contribution in [0.2, 0.25) is 0 Å². The summed E-state index contributed by atoms with van der Waals surface area (Å²) in [4.78, 5) is 15.8. The monoisotopic (exact) mass is 254 g/mol. The molecule has 0 atom stereocenters. The number of alkyl halides is 1. The normalized spacial score (nSPS) is 11.5. The molecule has 0 amide bonds. The molecule has 2 aromatic rings. The van der Waals surface area contributed by atoms with Gasteiger partial charge in [-0.15, -0.1) is 11.6 Å². The molecule has 1 aromatic heterocycles. The molecular weight excluding hydrogens is 240 g/mol. The SMILES string of the molecule is CN(CCCCl)Cc1ccc2[nH]c(=O)oc2c1. The van der Waals surface area contributed by atoms with Gasteiger partial charge in [0.1, 0.15) is 0 Å². The molecular formula is C12H15ClN2O2. The molecule has 0 aliphatic carbocycles. The first-order chi connectivity index (χ1) is 8.19. The van der Waals surface area contributed by atoms with Crippen molar-refractivity contribution in [3.8, 4) is 0 Å². The van der Waals surface area contributed by atoms with Crippen LogP contribution >= 0.6 is 11.6 Å². The fourth-order valence-electron chi connectivity index (χ4n) is 1.81. The summed E-state index contributed by atoms with van der Waals surface area (Å²) in [6.07, 6.45) is 0.972. The van der Waals surface area contributed by atoms with Crippen molar-refractivity contribution >= 4 is 22.7 Å².